The monoisotopic (exact) mass is 495 g/mol. The largest absolute Gasteiger partial charge is 0.367 e. The average molecular weight is 495 g/mol. The molecule has 1 atom stereocenters. The minimum Gasteiger partial charge on any atom is -0.367 e. The van der Waals surface area contributed by atoms with E-state index < -0.39 is 29.6 Å². The first-order chi connectivity index (χ1) is 17.3. The van der Waals surface area contributed by atoms with Crippen LogP contribution >= 0.6 is 0 Å². The molecular weight excluding hydrogens is 464 g/mol. The lowest BCUT2D eigenvalue weighted by molar-refractivity contribution is -0.136. The van der Waals surface area contributed by atoms with Crippen molar-refractivity contribution in [3.05, 3.63) is 29.1 Å². The lowest BCUT2D eigenvalue weighted by atomic mass is 9.42. The minimum atomic E-state index is -0.861. The molecule has 36 heavy (non-hydrogen) atoms. The Labute approximate surface area is 210 Å². The second-order valence-electron chi connectivity index (χ2n) is 10.0. The third-order valence-electron chi connectivity index (χ3n) is 7.73. The molecule has 3 amide bonds. The summed E-state index contributed by atoms with van der Waals surface area (Å²) in [5, 5.41) is 11.3. The van der Waals surface area contributed by atoms with Crippen LogP contribution in [-0.2, 0) is 9.59 Å². The van der Waals surface area contributed by atoms with Crippen molar-refractivity contribution in [2.24, 2.45) is 5.92 Å². The van der Waals surface area contributed by atoms with Crippen molar-refractivity contribution in [3.8, 4) is 5.97 Å². The molecule has 3 aliphatic heterocycles. The van der Waals surface area contributed by atoms with Crippen LogP contribution in [0.25, 0.3) is 0 Å². The Kier molecular flexibility index (Phi) is 8.04. The predicted molar refractivity (Wildman–Crippen MR) is 132 cm³/mol. The van der Waals surface area contributed by atoms with E-state index in [1.807, 2.05) is 4.90 Å². The van der Waals surface area contributed by atoms with Crippen molar-refractivity contribution in [3.63, 3.8) is 0 Å². The van der Waals surface area contributed by atoms with E-state index in [4.69, 9.17) is 5.26 Å². The Bertz CT molecular complexity index is 1080. The Morgan fingerprint density at radius 1 is 1.22 bits per heavy atom. The van der Waals surface area contributed by atoms with E-state index in [9.17, 15) is 19.2 Å². The summed E-state index contributed by atoms with van der Waals surface area (Å²) >= 11 is 0. The smallest absolute Gasteiger partial charge is 0.267 e. The molecule has 4 rings (SSSR count). The lowest BCUT2D eigenvalue weighted by Gasteiger charge is -2.38. The number of rotatable bonds is 6. The fourth-order valence-electron chi connectivity index (χ4n) is 5.50. The first kappa shape index (κ1) is 25.8. The van der Waals surface area contributed by atoms with Crippen molar-refractivity contribution >= 4 is 36.4 Å². The van der Waals surface area contributed by atoms with Crippen LogP contribution in [0.1, 0.15) is 46.4 Å². The number of nitrogens with one attached hydrogen (secondary N) is 1. The molecule has 3 aliphatic rings. The summed E-state index contributed by atoms with van der Waals surface area (Å²) in [5.41, 5.74) is 0.240. The second kappa shape index (κ2) is 11.2. The van der Waals surface area contributed by atoms with Gasteiger partial charge in [0.25, 0.3) is 12.6 Å². The van der Waals surface area contributed by atoms with Crippen molar-refractivity contribution in [1.82, 2.24) is 15.1 Å². The van der Waals surface area contributed by atoms with Crippen LogP contribution in [0.2, 0.25) is 12.6 Å². The molecular formula is C25H31BFN5O4. The number of amides is 3. The Morgan fingerprint density at radius 2 is 1.92 bits per heavy atom. The van der Waals surface area contributed by atoms with Gasteiger partial charge in [0.2, 0.25) is 11.8 Å². The quantitative estimate of drug-likeness (QED) is 0.362. The SMILES string of the molecule is CN(C(=O)c1cc(F)c(N2CCN(CC3CCB(C#N)CC3)CC2)cc1C=O)C1CCC(=O)NC1=O. The number of nitriles is 1. The first-order valence-electron chi connectivity index (χ1n) is 12.6. The standard InChI is InChI=1S/C25H31BFN5O4/c1-30(21-2-3-23(34)29-24(21)35)25(36)19-13-20(27)22(12-18(19)15-33)32-10-8-31(9-11-32)14-17-4-6-26(16-28)7-5-17/h12-13,15,17,21H,2-11,14H2,1H3,(H,29,34,35). The molecule has 9 nitrogen and oxygen atoms in total. The summed E-state index contributed by atoms with van der Waals surface area (Å²) < 4.78 is 15.2. The van der Waals surface area contributed by atoms with Gasteiger partial charge in [0.15, 0.2) is 6.29 Å². The van der Waals surface area contributed by atoms with Gasteiger partial charge in [0.1, 0.15) is 11.9 Å². The Hall–Kier alpha value is -3.26. The van der Waals surface area contributed by atoms with Crippen LogP contribution in [0.4, 0.5) is 10.1 Å². The van der Waals surface area contributed by atoms with Crippen molar-refractivity contribution in [1.29, 1.82) is 5.26 Å². The maximum atomic E-state index is 15.2. The Morgan fingerprint density at radius 3 is 2.53 bits per heavy atom. The van der Waals surface area contributed by atoms with Gasteiger partial charge in [-0.2, -0.15) is 0 Å². The van der Waals surface area contributed by atoms with E-state index in [2.05, 4.69) is 16.2 Å². The van der Waals surface area contributed by atoms with E-state index in [-0.39, 0.29) is 36.4 Å². The summed E-state index contributed by atoms with van der Waals surface area (Å²) in [6.07, 6.45) is 4.87. The van der Waals surface area contributed by atoms with Gasteiger partial charge in [-0.3, -0.25) is 29.4 Å². The van der Waals surface area contributed by atoms with Gasteiger partial charge >= 0.3 is 0 Å². The zero-order chi connectivity index (χ0) is 25.8. The van der Waals surface area contributed by atoms with Crippen LogP contribution in [0, 0.1) is 23.0 Å². The number of imide groups is 1. The summed E-state index contributed by atoms with van der Waals surface area (Å²) in [6.45, 7) is 3.92. The number of aldehydes is 1. The van der Waals surface area contributed by atoms with Gasteiger partial charge in [-0.1, -0.05) is 25.5 Å². The average Bonchev–Trinajstić information content (AvgIpc) is 2.89. The zero-order valence-electron chi connectivity index (χ0n) is 20.5. The Balaban J connectivity index is 1.40. The number of nitrogens with zero attached hydrogens (tertiary/aromatic N) is 4. The number of piperazine rings is 1. The highest BCUT2D eigenvalue weighted by Gasteiger charge is 2.34. The highest BCUT2D eigenvalue weighted by Crippen LogP contribution is 2.28. The van der Waals surface area contributed by atoms with Gasteiger partial charge < -0.3 is 9.80 Å². The molecule has 1 aromatic rings. The topological polar surface area (TPSA) is 114 Å². The van der Waals surface area contributed by atoms with E-state index >= 15 is 4.39 Å². The molecule has 0 saturated carbocycles. The minimum absolute atomic E-state index is 0.0622. The van der Waals surface area contributed by atoms with Crippen molar-refractivity contribution in [2.45, 2.75) is 44.4 Å². The first-order valence-corrected chi connectivity index (χ1v) is 12.6. The normalized spacial score (nSPS) is 21.6. The number of piperidine rings is 1. The maximum absolute atomic E-state index is 15.2. The number of benzene rings is 1. The molecule has 190 valence electrons. The van der Waals surface area contributed by atoms with Crippen molar-refractivity contribution in [2.75, 3.05) is 44.7 Å². The zero-order valence-corrected chi connectivity index (χ0v) is 20.5. The number of carbonyl (C=O) groups is 4. The molecule has 0 bridgehead atoms. The molecule has 3 fully saturated rings. The van der Waals surface area contributed by atoms with E-state index in [1.165, 1.54) is 13.1 Å². The highest BCUT2D eigenvalue weighted by atomic mass is 19.1. The summed E-state index contributed by atoms with van der Waals surface area (Å²) in [5.74, 6) is 0.743. The maximum Gasteiger partial charge on any atom is 0.267 e. The number of anilines is 1. The van der Waals surface area contributed by atoms with E-state index in [0.29, 0.717) is 25.3 Å². The molecule has 1 aromatic carbocycles. The van der Waals surface area contributed by atoms with Crippen LogP contribution in [-0.4, -0.2) is 86.3 Å². The number of carbonyl (C=O) groups excluding carboxylic acids is 4. The molecule has 0 aliphatic carbocycles. The molecule has 1 N–H and O–H groups in total. The molecule has 3 saturated heterocycles. The van der Waals surface area contributed by atoms with Gasteiger partial charge in [0, 0.05) is 57.7 Å². The molecule has 1 unspecified atom stereocenters. The number of hydrogen-bond donors (Lipinski definition) is 1. The molecule has 0 spiro atoms. The third-order valence-corrected chi connectivity index (χ3v) is 7.73. The third kappa shape index (κ3) is 5.59. The lowest BCUT2D eigenvalue weighted by Crippen LogP contribution is -2.53. The van der Waals surface area contributed by atoms with Crippen LogP contribution in [0.5, 0.6) is 0 Å². The number of halogens is 1. The van der Waals surface area contributed by atoms with Crippen LogP contribution < -0.4 is 10.2 Å². The van der Waals surface area contributed by atoms with Crippen LogP contribution in [0.3, 0.4) is 0 Å². The van der Waals surface area contributed by atoms with Gasteiger partial charge in [-0.05, 0) is 24.5 Å². The molecule has 11 heteroatoms. The predicted octanol–water partition coefficient (Wildman–Crippen LogP) is 1.60. The molecule has 3 heterocycles. The molecule has 0 aromatic heterocycles. The summed E-state index contributed by atoms with van der Waals surface area (Å²) in [6, 6.07) is 1.62. The fourth-order valence-corrected chi connectivity index (χ4v) is 5.50. The second-order valence-corrected chi connectivity index (χ2v) is 10.0. The number of hydrogen-bond acceptors (Lipinski definition) is 7. The summed E-state index contributed by atoms with van der Waals surface area (Å²) in [4.78, 5) is 53.9. The molecule has 0 radical (unpaired) electrons. The fraction of sp³-hybridized carbons (Fsp3) is 0.560. The summed E-state index contributed by atoms with van der Waals surface area (Å²) in [7, 11) is 1.41. The van der Waals surface area contributed by atoms with Gasteiger partial charge in [0.05, 0.1) is 11.3 Å². The van der Waals surface area contributed by atoms with Crippen molar-refractivity contribution < 1.29 is 23.6 Å². The van der Waals surface area contributed by atoms with Crippen LogP contribution in [0.15, 0.2) is 12.1 Å². The van der Waals surface area contributed by atoms with E-state index in [1.54, 1.807) is 0 Å². The van der Waals surface area contributed by atoms with Gasteiger partial charge in [-0.15, -0.1) is 0 Å². The van der Waals surface area contributed by atoms with E-state index in [0.717, 1.165) is 56.1 Å². The number of likely N-dealkylation sites (N-methyl/N-ethyl adjacent to an activating group) is 1. The highest BCUT2D eigenvalue weighted by molar-refractivity contribution is 6.67. The van der Waals surface area contributed by atoms with Gasteiger partial charge in [-0.25, -0.2) is 9.65 Å².